The number of ether oxygens (including phenoxy) is 1. The van der Waals surface area contributed by atoms with Crippen LogP contribution in [0.2, 0.25) is 0 Å². The van der Waals surface area contributed by atoms with Gasteiger partial charge in [0.1, 0.15) is 6.10 Å². The Morgan fingerprint density at radius 3 is 2.73 bits per heavy atom. The summed E-state index contributed by atoms with van der Waals surface area (Å²) in [6, 6.07) is 0.372. The van der Waals surface area contributed by atoms with Crippen LogP contribution in [0.1, 0.15) is 46.0 Å². The van der Waals surface area contributed by atoms with Crippen molar-refractivity contribution in [3.8, 4) is 0 Å². The van der Waals surface area contributed by atoms with E-state index in [0.29, 0.717) is 11.5 Å². The fraction of sp³-hybridized carbons (Fsp3) is 0.917. The van der Waals surface area contributed by atoms with Gasteiger partial charge >= 0.3 is 0 Å². The smallest absolute Gasteiger partial charge is 0.249 e. The first kappa shape index (κ1) is 10.9. The first-order valence-electron chi connectivity index (χ1n) is 5.99. The lowest BCUT2D eigenvalue weighted by Gasteiger charge is -2.19. The molecule has 1 aliphatic heterocycles. The minimum Gasteiger partial charge on any atom is -0.368 e. The van der Waals surface area contributed by atoms with Crippen molar-refractivity contribution in [3.63, 3.8) is 0 Å². The maximum absolute atomic E-state index is 11.8. The Kier molecular flexibility index (Phi) is 3.01. The Labute approximate surface area is 91.6 Å². The molecule has 3 heteroatoms. The Bertz CT molecular complexity index is 244. The minimum absolute atomic E-state index is 0.107. The van der Waals surface area contributed by atoms with Crippen LogP contribution in [0.3, 0.4) is 0 Å². The highest BCUT2D eigenvalue weighted by atomic mass is 16.5. The van der Waals surface area contributed by atoms with Gasteiger partial charge in [0.2, 0.25) is 5.91 Å². The van der Waals surface area contributed by atoms with Crippen LogP contribution in [-0.2, 0) is 9.53 Å². The van der Waals surface area contributed by atoms with Crippen molar-refractivity contribution in [2.24, 2.45) is 5.41 Å². The average Bonchev–Trinajstić information content (AvgIpc) is 2.74. The van der Waals surface area contributed by atoms with Crippen LogP contribution in [0.25, 0.3) is 0 Å². The van der Waals surface area contributed by atoms with Crippen molar-refractivity contribution < 1.29 is 9.53 Å². The second-order valence-corrected chi connectivity index (χ2v) is 5.61. The van der Waals surface area contributed by atoms with Crippen LogP contribution in [-0.4, -0.2) is 24.7 Å². The van der Waals surface area contributed by atoms with Crippen molar-refractivity contribution in [2.75, 3.05) is 6.61 Å². The van der Waals surface area contributed by atoms with E-state index in [1.165, 1.54) is 6.42 Å². The molecule has 2 rings (SSSR count). The number of rotatable bonds is 2. The summed E-state index contributed by atoms with van der Waals surface area (Å²) in [6.07, 6.45) is 5.17. The third kappa shape index (κ3) is 2.71. The highest BCUT2D eigenvalue weighted by Gasteiger charge is 2.33. The van der Waals surface area contributed by atoms with E-state index in [2.05, 4.69) is 19.2 Å². The summed E-state index contributed by atoms with van der Waals surface area (Å²) in [5.41, 5.74) is 0.397. The summed E-state index contributed by atoms with van der Waals surface area (Å²) < 4.78 is 5.36. The summed E-state index contributed by atoms with van der Waals surface area (Å²) in [6.45, 7) is 5.28. The van der Waals surface area contributed by atoms with Gasteiger partial charge in [-0.05, 0) is 37.5 Å². The monoisotopic (exact) mass is 211 g/mol. The maximum Gasteiger partial charge on any atom is 0.249 e. The Morgan fingerprint density at radius 1 is 1.40 bits per heavy atom. The van der Waals surface area contributed by atoms with Crippen molar-refractivity contribution in [1.29, 1.82) is 0 Å². The first-order valence-corrected chi connectivity index (χ1v) is 5.99. The van der Waals surface area contributed by atoms with E-state index < -0.39 is 0 Å². The predicted octanol–water partition coefficient (Wildman–Crippen LogP) is 1.86. The molecular formula is C12H21NO2. The molecular weight excluding hydrogens is 190 g/mol. The molecule has 0 spiro atoms. The lowest BCUT2D eigenvalue weighted by molar-refractivity contribution is -0.130. The lowest BCUT2D eigenvalue weighted by atomic mass is 9.92. The van der Waals surface area contributed by atoms with Crippen LogP contribution in [0.15, 0.2) is 0 Å². The van der Waals surface area contributed by atoms with Crippen molar-refractivity contribution in [1.82, 2.24) is 5.32 Å². The second kappa shape index (κ2) is 4.12. The molecule has 2 fully saturated rings. The van der Waals surface area contributed by atoms with E-state index in [1.54, 1.807) is 0 Å². The molecule has 0 aromatic rings. The van der Waals surface area contributed by atoms with E-state index >= 15 is 0 Å². The molecule has 0 radical (unpaired) electrons. The molecule has 1 saturated heterocycles. The molecule has 2 aliphatic rings. The number of hydrogen-bond acceptors (Lipinski definition) is 2. The molecule has 1 aliphatic carbocycles. The third-order valence-electron chi connectivity index (χ3n) is 3.54. The molecule has 2 atom stereocenters. The third-order valence-corrected chi connectivity index (χ3v) is 3.54. The van der Waals surface area contributed by atoms with Crippen molar-refractivity contribution in [3.05, 3.63) is 0 Å². The van der Waals surface area contributed by atoms with Gasteiger partial charge in [0.15, 0.2) is 0 Å². The van der Waals surface area contributed by atoms with Gasteiger partial charge in [-0.25, -0.2) is 0 Å². The van der Waals surface area contributed by atoms with Crippen LogP contribution in [0.5, 0.6) is 0 Å². The summed E-state index contributed by atoms with van der Waals surface area (Å²) in [5.74, 6) is 0.107. The van der Waals surface area contributed by atoms with Gasteiger partial charge in [-0.15, -0.1) is 0 Å². The quantitative estimate of drug-likeness (QED) is 0.757. The maximum atomic E-state index is 11.8. The molecule has 3 nitrogen and oxygen atoms in total. The Balaban J connectivity index is 1.79. The lowest BCUT2D eigenvalue weighted by Crippen LogP contribution is -2.40. The zero-order valence-corrected chi connectivity index (χ0v) is 9.71. The van der Waals surface area contributed by atoms with E-state index in [4.69, 9.17) is 4.74 Å². The van der Waals surface area contributed by atoms with Gasteiger partial charge in [-0.2, -0.15) is 0 Å². The van der Waals surface area contributed by atoms with E-state index in [9.17, 15) is 4.79 Å². The van der Waals surface area contributed by atoms with Crippen LogP contribution >= 0.6 is 0 Å². The van der Waals surface area contributed by atoms with Gasteiger partial charge in [-0.1, -0.05) is 13.8 Å². The highest BCUT2D eigenvalue weighted by Crippen LogP contribution is 2.36. The minimum atomic E-state index is -0.172. The topological polar surface area (TPSA) is 38.3 Å². The summed E-state index contributed by atoms with van der Waals surface area (Å²) in [7, 11) is 0. The number of amides is 1. The fourth-order valence-electron chi connectivity index (χ4n) is 2.64. The van der Waals surface area contributed by atoms with E-state index in [0.717, 1.165) is 32.3 Å². The predicted molar refractivity (Wildman–Crippen MR) is 58.5 cm³/mol. The van der Waals surface area contributed by atoms with Crippen LogP contribution in [0.4, 0.5) is 0 Å². The van der Waals surface area contributed by atoms with Gasteiger partial charge < -0.3 is 10.1 Å². The van der Waals surface area contributed by atoms with E-state index in [-0.39, 0.29) is 12.0 Å². The average molecular weight is 211 g/mol. The fourth-order valence-corrected chi connectivity index (χ4v) is 2.64. The molecule has 86 valence electrons. The standard InChI is InChI=1S/C12H21NO2/c1-12(2)6-5-9(8-12)13-11(14)10-4-3-7-15-10/h9-10H,3-8H2,1-2H3,(H,13,14)/t9?,10-/m0/s1. The number of carbonyl (C=O) groups excluding carboxylic acids is 1. The van der Waals surface area contributed by atoms with E-state index in [1.807, 2.05) is 0 Å². The van der Waals surface area contributed by atoms with Gasteiger partial charge in [0.25, 0.3) is 0 Å². The van der Waals surface area contributed by atoms with Crippen molar-refractivity contribution in [2.45, 2.75) is 58.1 Å². The van der Waals surface area contributed by atoms with Gasteiger partial charge in [-0.3, -0.25) is 4.79 Å². The largest absolute Gasteiger partial charge is 0.368 e. The molecule has 1 unspecified atom stereocenters. The van der Waals surface area contributed by atoms with Crippen LogP contribution < -0.4 is 5.32 Å². The summed E-state index contributed by atoms with van der Waals surface area (Å²) in [4.78, 5) is 11.8. The summed E-state index contributed by atoms with van der Waals surface area (Å²) >= 11 is 0. The molecule has 1 saturated carbocycles. The zero-order chi connectivity index (χ0) is 10.9. The van der Waals surface area contributed by atoms with Crippen molar-refractivity contribution >= 4 is 5.91 Å². The Morgan fingerprint density at radius 2 is 2.20 bits per heavy atom. The normalized spacial score (nSPS) is 34.3. The first-order chi connectivity index (χ1) is 7.07. The zero-order valence-electron chi connectivity index (χ0n) is 9.71. The molecule has 0 aromatic heterocycles. The van der Waals surface area contributed by atoms with Crippen LogP contribution in [0, 0.1) is 5.41 Å². The number of nitrogens with one attached hydrogen (secondary N) is 1. The highest BCUT2D eigenvalue weighted by molar-refractivity contribution is 5.81. The molecule has 1 heterocycles. The Hall–Kier alpha value is -0.570. The van der Waals surface area contributed by atoms with Gasteiger partial charge in [0, 0.05) is 12.6 Å². The molecule has 0 bridgehead atoms. The summed E-state index contributed by atoms with van der Waals surface area (Å²) in [5, 5.41) is 3.11. The molecule has 15 heavy (non-hydrogen) atoms. The molecule has 0 aromatic carbocycles. The number of hydrogen-bond donors (Lipinski definition) is 1. The SMILES string of the molecule is CC1(C)CCC(NC(=O)[C@@H]2CCCO2)C1. The molecule has 1 N–H and O–H groups in total. The number of carbonyl (C=O) groups is 1. The molecule has 1 amide bonds. The second-order valence-electron chi connectivity index (χ2n) is 5.61. The van der Waals surface area contributed by atoms with Gasteiger partial charge in [0.05, 0.1) is 0 Å².